The summed E-state index contributed by atoms with van der Waals surface area (Å²) in [6.45, 7) is 3.74. The molecule has 0 bridgehead atoms. The molecule has 1 heterocycles. The summed E-state index contributed by atoms with van der Waals surface area (Å²) in [6.07, 6.45) is 0.766. The van der Waals surface area contributed by atoms with Gasteiger partial charge in [-0.15, -0.1) is 0 Å². The lowest BCUT2D eigenvalue weighted by molar-refractivity contribution is -0.177. The Morgan fingerprint density at radius 2 is 1.89 bits per heavy atom. The van der Waals surface area contributed by atoms with Crippen LogP contribution < -0.4 is 5.32 Å². The van der Waals surface area contributed by atoms with Crippen molar-refractivity contribution in [2.45, 2.75) is 44.8 Å². The van der Waals surface area contributed by atoms with E-state index >= 15 is 0 Å². The third-order valence-corrected chi connectivity index (χ3v) is 4.54. The van der Waals surface area contributed by atoms with E-state index in [9.17, 15) is 13.2 Å². The van der Waals surface area contributed by atoms with E-state index in [0.717, 1.165) is 6.54 Å². The molecule has 5 heteroatoms. The average molecular weight is 264 g/mol. The van der Waals surface area contributed by atoms with E-state index in [2.05, 4.69) is 12.2 Å². The predicted molar refractivity (Wildman–Crippen MR) is 65.4 cm³/mol. The zero-order valence-corrected chi connectivity index (χ0v) is 11.0. The van der Waals surface area contributed by atoms with E-state index in [0.29, 0.717) is 12.5 Å². The van der Waals surface area contributed by atoms with Crippen LogP contribution in [0.3, 0.4) is 0 Å². The summed E-state index contributed by atoms with van der Waals surface area (Å²) in [7, 11) is 0. The molecule has 2 atom stereocenters. The van der Waals surface area contributed by atoms with Crippen LogP contribution in [0.2, 0.25) is 0 Å². The minimum absolute atomic E-state index is 0.0669. The molecule has 2 rings (SSSR count). The lowest BCUT2D eigenvalue weighted by Gasteiger charge is -2.34. The highest BCUT2D eigenvalue weighted by molar-refractivity contribution is 4.85. The normalized spacial score (nSPS) is 30.3. The van der Waals surface area contributed by atoms with Gasteiger partial charge >= 0.3 is 6.18 Å². The Labute approximate surface area is 107 Å². The Morgan fingerprint density at radius 1 is 1.22 bits per heavy atom. The SMILES string of the molecule is CC(C1CCCC1)N1CCNCC(C(F)(F)F)C1. The largest absolute Gasteiger partial charge is 0.394 e. The van der Waals surface area contributed by atoms with Crippen molar-refractivity contribution in [2.24, 2.45) is 11.8 Å². The zero-order chi connectivity index (χ0) is 13.2. The molecule has 2 unspecified atom stereocenters. The number of hydrogen-bond donors (Lipinski definition) is 1. The van der Waals surface area contributed by atoms with Gasteiger partial charge in [0, 0.05) is 32.2 Å². The van der Waals surface area contributed by atoms with Crippen LogP contribution >= 0.6 is 0 Å². The fraction of sp³-hybridized carbons (Fsp3) is 1.00. The fourth-order valence-corrected chi connectivity index (χ4v) is 3.26. The molecule has 0 aromatic carbocycles. The van der Waals surface area contributed by atoms with Crippen LogP contribution in [0.1, 0.15) is 32.6 Å². The van der Waals surface area contributed by atoms with Crippen LogP contribution in [0.15, 0.2) is 0 Å². The van der Waals surface area contributed by atoms with Gasteiger partial charge < -0.3 is 5.32 Å². The lowest BCUT2D eigenvalue weighted by Crippen LogP contribution is -2.44. The highest BCUT2D eigenvalue weighted by Gasteiger charge is 2.42. The number of alkyl halides is 3. The van der Waals surface area contributed by atoms with Gasteiger partial charge in [-0.1, -0.05) is 12.8 Å². The molecule has 18 heavy (non-hydrogen) atoms. The average Bonchev–Trinajstić information content (AvgIpc) is 2.70. The van der Waals surface area contributed by atoms with Gasteiger partial charge in [-0.2, -0.15) is 13.2 Å². The number of halogens is 3. The third kappa shape index (κ3) is 3.38. The molecular weight excluding hydrogens is 241 g/mol. The molecule has 106 valence electrons. The first-order valence-electron chi connectivity index (χ1n) is 7.00. The van der Waals surface area contributed by atoms with Crippen molar-refractivity contribution in [2.75, 3.05) is 26.2 Å². The van der Waals surface area contributed by atoms with Crippen molar-refractivity contribution < 1.29 is 13.2 Å². The van der Waals surface area contributed by atoms with Crippen LogP contribution in [-0.4, -0.2) is 43.3 Å². The van der Waals surface area contributed by atoms with Crippen LogP contribution in [0.5, 0.6) is 0 Å². The Hall–Kier alpha value is -0.290. The zero-order valence-electron chi connectivity index (χ0n) is 11.0. The number of nitrogens with zero attached hydrogens (tertiary/aromatic N) is 1. The molecule has 1 aliphatic heterocycles. The van der Waals surface area contributed by atoms with Gasteiger partial charge in [0.2, 0.25) is 0 Å². The summed E-state index contributed by atoms with van der Waals surface area (Å²) >= 11 is 0. The second kappa shape index (κ2) is 5.78. The van der Waals surface area contributed by atoms with Gasteiger partial charge in [0.15, 0.2) is 0 Å². The maximum Gasteiger partial charge on any atom is 0.394 e. The van der Waals surface area contributed by atoms with Gasteiger partial charge in [0.1, 0.15) is 0 Å². The molecular formula is C13H23F3N2. The summed E-state index contributed by atoms with van der Waals surface area (Å²) in [5.41, 5.74) is 0. The Balaban J connectivity index is 1.97. The molecule has 2 fully saturated rings. The smallest absolute Gasteiger partial charge is 0.315 e. The first kappa shape index (κ1) is 14.1. The van der Waals surface area contributed by atoms with Crippen molar-refractivity contribution >= 4 is 0 Å². The van der Waals surface area contributed by atoms with Gasteiger partial charge in [-0.05, 0) is 25.7 Å². The standard InChI is InChI=1S/C13H23F3N2/c1-10(11-4-2-3-5-11)18-7-6-17-8-12(9-18)13(14,15)16/h10-12,17H,2-9H2,1H3. The second-order valence-electron chi connectivity index (χ2n) is 5.72. The summed E-state index contributed by atoms with van der Waals surface area (Å²) in [6, 6.07) is 0.289. The molecule has 0 amide bonds. The second-order valence-corrected chi connectivity index (χ2v) is 5.72. The van der Waals surface area contributed by atoms with Crippen molar-refractivity contribution in [1.82, 2.24) is 10.2 Å². The first-order chi connectivity index (χ1) is 8.48. The van der Waals surface area contributed by atoms with E-state index < -0.39 is 12.1 Å². The molecule has 1 aliphatic carbocycles. The van der Waals surface area contributed by atoms with Crippen molar-refractivity contribution in [3.8, 4) is 0 Å². The van der Waals surface area contributed by atoms with Crippen LogP contribution in [0, 0.1) is 11.8 Å². The fourth-order valence-electron chi connectivity index (χ4n) is 3.26. The Kier molecular flexibility index (Phi) is 4.54. The van der Waals surface area contributed by atoms with E-state index in [4.69, 9.17) is 0 Å². The summed E-state index contributed by atoms with van der Waals surface area (Å²) < 4.78 is 38.6. The van der Waals surface area contributed by atoms with Crippen molar-refractivity contribution in [3.05, 3.63) is 0 Å². The number of hydrogen-bond acceptors (Lipinski definition) is 2. The molecule has 1 saturated carbocycles. The molecule has 0 radical (unpaired) electrons. The molecule has 0 aromatic rings. The van der Waals surface area contributed by atoms with E-state index in [1.807, 2.05) is 4.90 Å². The van der Waals surface area contributed by atoms with Gasteiger partial charge in [-0.3, -0.25) is 4.90 Å². The monoisotopic (exact) mass is 264 g/mol. The van der Waals surface area contributed by atoms with Crippen LogP contribution in [0.4, 0.5) is 13.2 Å². The van der Waals surface area contributed by atoms with Gasteiger partial charge in [0.05, 0.1) is 5.92 Å². The molecule has 1 saturated heterocycles. The van der Waals surface area contributed by atoms with Gasteiger partial charge in [0.25, 0.3) is 0 Å². The molecule has 0 aromatic heterocycles. The maximum absolute atomic E-state index is 12.9. The topological polar surface area (TPSA) is 15.3 Å². The van der Waals surface area contributed by atoms with Crippen molar-refractivity contribution in [1.29, 1.82) is 0 Å². The summed E-state index contributed by atoms with van der Waals surface area (Å²) in [5, 5.41) is 2.92. The minimum Gasteiger partial charge on any atom is -0.315 e. The third-order valence-electron chi connectivity index (χ3n) is 4.54. The van der Waals surface area contributed by atoms with Crippen LogP contribution in [-0.2, 0) is 0 Å². The van der Waals surface area contributed by atoms with E-state index in [-0.39, 0.29) is 19.1 Å². The Morgan fingerprint density at radius 3 is 2.50 bits per heavy atom. The Bertz CT molecular complexity index is 261. The highest BCUT2D eigenvalue weighted by atomic mass is 19.4. The van der Waals surface area contributed by atoms with E-state index in [1.165, 1.54) is 25.7 Å². The summed E-state index contributed by atoms with van der Waals surface area (Å²) in [5.74, 6) is -0.624. The van der Waals surface area contributed by atoms with Crippen LogP contribution in [0.25, 0.3) is 0 Å². The van der Waals surface area contributed by atoms with E-state index in [1.54, 1.807) is 0 Å². The first-order valence-corrected chi connectivity index (χ1v) is 7.00. The van der Waals surface area contributed by atoms with Crippen molar-refractivity contribution in [3.63, 3.8) is 0 Å². The van der Waals surface area contributed by atoms with Gasteiger partial charge in [-0.25, -0.2) is 0 Å². The quantitative estimate of drug-likeness (QED) is 0.825. The number of rotatable bonds is 2. The highest BCUT2D eigenvalue weighted by Crippen LogP contribution is 2.33. The summed E-state index contributed by atoms with van der Waals surface area (Å²) in [4.78, 5) is 2.05. The molecule has 1 N–H and O–H groups in total. The number of nitrogens with one attached hydrogen (secondary N) is 1. The maximum atomic E-state index is 12.9. The molecule has 0 spiro atoms. The molecule has 2 nitrogen and oxygen atoms in total. The molecule has 2 aliphatic rings. The lowest BCUT2D eigenvalue weighted by atomic mass is 9.97. The minimum atomic E-state index is -4.08. The predicted octanol–water partition coefficient (Wildman–Crippen LogP) is 2.65.